The second-order valence-electron chi connectivity index (χ2n) is 7.25. The van der Waals surface area contributed by atoms with E-state index in [0.717, 1.165) is 25.9 Å². The monoisotopic (exact) mass is 370 g/mol. The van der Waals surface area contributed by atoms with Gasteiger partial charge in [-0.3, -0.25) is 9.69 Å². The highest BCUT2D eigenvalue weighted by Crippen LogP contribution is 2.31. The predicted molar refractivity (Wildman–Crippen MR) is 93.3 cm³/mol. The summed E-state index contributed by atoms with van der Waals surface area (Å²) in [7, 11) is -3.00. The molecule has 25 heavy (non-hydrogen) atoms. The van der Waals surface area contributed by atoms with Crippen LogP contribution in [0.15, 0.2) is 23.0 Å². The average Bonchev–Trinajstić information content (AvgIpc) is 3.08. The number of furan rings is 1. The summed E-state index contributed by atoms with van der Waals surface area (Å²) in [6.07, 6.45) is 5.78. The van der Waals surface area contributed by atoms with E-state index in [1.807, 2.05) is 11.8 Å². The summed E-state index contributed by atoms with van der Waals surface area (Å²) in [6, 6.07) is 1.65. The first-order chi connectivity index (χ1) is 11.8. The zero-order valence-corrected chi connectivity index (χ0v) is 15.6. The third kappa shape index (κ3) is 4.43. The minimum Gasteiger partial charge on any atom is -0.472 e. The number of morpholine rings is 1. The molecule has 1 amide bonds. The molecule has 3 heterocycles. The van der Waals surface area contributed by atoms with Crippen molar-refractivity contribution >= 4 is 15.7 Å². The maximum Gasteiger partial charge on any atom is 0.257 e. The minimum absolute atomic E-state index is 0.0123. The standard InChI is InChI=1S/C17H26N2O5S/c1-14(12-25(2,21)22)19-8-10-24-17(13-19)4-6-18(7-5-17)16(20)15-3-9-23-11-15/h3,9,11,14H,4-8,10,12-13H2,1-2H3. The first-order valence-corrected chi connectivity index (χ1v) is 10.7. The maximum absolute atomic E-state index is 12.4. The lowest BCUT2D eigenvalue weighted by Crippen LogP contribution is -2.59. The molecule has 140 valence electrons. The Morgan fingerprint density at radius 1 is 1.32 bits per heavy atom. The van der Waals surface area contributed by atoms with Crippen LogP contribution in [0, 0.1) is 0 Å². The number of piperidine rings is 1. The second kappa shape index (κ2) is 7.09. The van der Waals surface area contributed by atoms with Crippen LogP contribution >= 0.6 is 0 Å². The Hall–Kier alpha value is -1.38. The van der Waals surface area contributed by atoms with Crippen molar-refractivity contribution in [2.45, 2.75) is 31.4 Å². The van der Waals surface area contributed by atoms with E-state index in [-0.39, 0.29) is 23.3 Å². The molecule has 1 aromatic rings. The molecule has 2 aliphatic rings. The molecule has 1 unspecified atom stereocenters. The van der Waals surface area contributed by atoms with E-state index in [1.54, 1.807) is 6.07 Å². The van der Waals surface area contributed by atoms with Gasteiger partial charge in [0.25, 0.3) is 5.91 Å². The molecule has 0 aliphatic carbocycles. The van der Waals surface area contributed by atoms with Crippen LogP contribution in [0.5, 0.6) is 0 Å². The second-order valence-corrected chi connectivity index (χ2v) is 9.43. The van der Waals surface area contributed by atoms with Gasteiger partial charge < -0.3 is 14.1 Å². The number of carbonyl (C=O) groups excluding carboxylic acids is 1. The van der Waals surface area contributed by atoms with Gasteiger partial charge in [0.2, 0.25) is 0 Å². The Kier molecular flexibility index (Phi) is 5.22. The number of nitrogens with zero attached hydrogens (tertiary/aromatic N) is 2. The number of sulfone groups is 1. The Balaban J connectivity index is 1.59. The largest absolute Gasteiger partial charge is 0.472 e. The van der Waals surface area contributed by atoms with Crippen molar-refractivity contribution in [3.8, 4) is 0 Å². The Bertz CT molecular complexity index is 693. The topological polar surface area (TPSA) is 80.1 Å². The summed E-state index contributed by atoms with van der Waals surface area (Å²) in [4.78, 5) is 16.4. The number of ether oxygens (including phenoxy) is 1. The van der Waals surface area contributed by atoms with Gasteiger partial charge in [-0.1, -0.05) is 0 Å². The quantitative estimate of drug-likeness (QED) is 0.787. The van der Waals surface area contributed by atoms with Gasteiger partial charge >= 0.3 is 0 Å². The van der Waals surface area contributed by atoms with Crippen LogP contribution < -0.4 is 0 Å². The van der Waals surface area contributed by atoms with Crippen LogP contribution in [0.2, 0.25) is 0 Å². The highest BCUT2D eigenvalue weighted by atomic mass is 32.2. The highest BCUT2D eigenvalue weighted by molar-refractivity contribution is 7.90. The molecule has 1 atom stereocenters. The van der Waals surface area contributed by atoms with Crippen molar-refractivity contribution in [1.29, 1.82) is 0 Å². The number of hydrogen-bond acceptors (Lipinski definition) is 6. The van der Waals surface area contributed by atoms with E-state index in [2.05, 4.69) is 4.90 Å². The molecule has 0 N–H and O–H groups in total. The van der Waals surface area contributed by atoms with Gasteiger partial charge in [-0.2, -0.15) is 0 Å². The van der Waals surface area contributed by atoms with E-state index in [4.69, 9.17) is 9.15 Å². The Labute approximate surface area is 148 Å². The summed E-state index contributed by atoms with van der Waals surface area (Å²) >= 11 is 0. The lowest BCUT2D eigenvalue weighted by atomic mass is 9.88. The maximum atomic E-state index is 12.4. The Morgan fingerprint density at radius 2 is 2.04 bits per heavy atom. The third-order valence-corrected chi connectivity index (χ3v) is 6.26. The van der Waals surface area contributed by atoms with Gasteiger partial charge in [0.1, 0.15) is 16.1 Å². The smallest absolute Gasteiger partial charge is 0.257 e. The molecule has 2 aliphatic heterocycles. The lowest BCUT2D eigenvalue weighted by Gasteiger charge is -2.48. The van der Waals surface area contributed by atoms with Crippen molar-refractivity contribution < 1.29 is 22.4 Å². The molecule has 0 aromatic carbocycles. The number of carbonyl (C=O) groups is 1. The third-order valence-electron chi connectivity index (χ3n) is 5.18. The Morgan fingerprint density at radius 3 is 2.64 bits per heavy atom. The molecule has 8 heteroatoms. The number of rotatable bonds is 4. The van der Waals surface area contributed by atoms with Gasteiger partial charge in [0, 0.05) is 38.5 Å². The summed E-state index contributed by atoms with van der Waals surface area (Å²) in [5, 5.41) is 0. The van der Waals surface area contributed by atoms with Crippen LogP contribution in [0.3, 0.4) is 0 Å². The van der Waals surface area contributed by atoms with Crippen LogP contribution in [0.4, 0.5) is 0 Å². The normalized spacial score (nSPS) is 22.9. The summed E-state index contributed by atoms with van der Waals surface area (Å²) in [6.45, 7) is 5.30. The summed E-state index contributed by atoms with van der Waals surface area (Å²) in [5.41, 5.74) is 0.293. The van der Waals surface area contributed by atoms with E-state index in [1.165, 1.54) is 18.8 Å². The molecule has 7 nitrogen and oxygen atoms in total. The minimum atomic E-state index is -3.00. The zero-order valence-electron chi connectivity index (χ0n) is 14.8. The van der Waals surface area contributed by atoms with Gasteiger partial charge in [-0.25, -0.2) is 8.42 Å². The van der Waals surface area contributed by atoms with Crippen molar-refractivity contribution in [3.05, 3.63) is 24.2 Å². The number of likely N-dealkylation sites (tertiary alicyclic amines) is 1. The fourth-order valence-corrected chi connectivity index (χ4v) is 4.87. The van der Waals surface area contributed by atoms with Crippen molar-refractivity contribution in [2.24, 2.45) is 0 Å². The summed E-state index contributed by atoms with van der Waals surface area (Å²) < 4.78 is 34.2. The predicted octanol–water partition coefficient (Wildman–Crippen LogP) is 1.02. The van der Waals surface area contributed by atoms with Crippen LogP contribution in [-0.2, 0) is 14.6 Å². The van der Waals surface area contributed by atoms with Crippen molar-refractivity contribution in [1.82, 2.24) is 9.80 Å². The molecule has 1 aromatic heterocycles. The fraction of sp³-hybridized carbons (Fsp3) is 0.706. The molecule has 2 saturated heterocycles. The lowest BCUT2D eigenvalue weighted by molar-refractivity contribution is -0.137. The van der Waals surface area contributed by atoms with Gasteiger partial charge in [0.05, 0.1) is 29.8 Å². The molecule has 3 rings (SSSR count). The van der Waals surface area contributed by atoms with E-state index in [9.17, 15) is 13.2 Å². The highest BCUT2D eigenvalue weighted by Gasteiger charge is 2.42. The summed E-state index contributed by atoms with van der Waals surface area (Å²) in [5.74, 6) is 0.149. The SMILES string of the molecule is CC(CS(C)(=O)=O)N1CCOC2(CCN(C(=O)c3ccoc3)CC2)C1. The molecular weight excluding hydrogens is 344 g/mol. The van der Waals surface area contributed by atoms with E-state index >= 15 is 0 Å². The molecule has 1 spiro atoms. The molecule has 2 fully saturated rings. The van der Waals surface area contributed by atoms with Crippen molar-refractivity contribution in [2.75, 3.05) is 44.8 Å². The van der Waals surface area contributed by atoms with Crippen molar-refractivity contribution in [3.63, 3.8) is 0 Å². The average molecular weight is 370 g/mol. The van der Waals surface area contributed by atoms with Gasteiger partial charge in [-0.15, -0.1) is 0 Å². The van der Waals surface area contributed by atoms with Gasteiger partial charge in [-0.05, 0) is 25.8 Å². The molecular formula is C17H26N2O5S. The first kappa shape index (κ1) is 18.4. The number of amides is 1. The number of hydrogen-bond donors (Lipinski definition) is 0. The molecule has 0 radical (unpaired) electrons. The fourth-order valence-electron chi connectivity index (χ4n) is 3.78. The van der Waals surface area contributed by atoms with E-state index in [0.29, 0.717) is 25.3 Å². The zero-order chi connectivity index (χ0) is 18.1. The van der Waals surface area contributed by atoms with Gasteiger partial charge in [0.15, 0.2) is 0 Å². The van der Waals surface area contributed by atoms with Crippen LogP contribution in [0.25, 0.3) is 0 Å². The van der Waals surface area contributed by atoms with Crippen LogP contribution in [-0.4, -0.2) is 80.6 Å². The van der Waals surface area contributed by atoms with Crippen LogP contribution in [0.1, 0.15) is 30.1 Å². The molecule has 0 bridgehead atoms. The molecule has 0 saturated carbocycles. The van der Waals surface area contributed by atoms with E-state index < -0.39 is 9.84 Å². The first-order valence-electron chi connectivity index (χ1n) is 8.65.